The van der Waals surface area contributed by atoms with Gasteiger partial charge < -0.3 is 10.6 Å². The summed E-state index contributed by atoms with van der Waals surface area (Å²) < 4.78 is 0. The van der Waals surface area contributed by atoms with E-state index < -0.39 is 5.92 Å². The van der Waals surface area contributed by atoms with Crippen LogP contribution in [0.5, 0.6) is 0 Å². The third-order valence-corrected chi connectivity index (χ3v) is 6.07. The molecule has 2 N–H and O–H groups in total. The van der Waals surface area contributed by atoms with E-state index in [9.17, 15) is 9.59 Å². The highest BCUT2D eigenvalue weighted by Gasteiger charge is 2.27. The smallest absolute Gasteiger partial charge is 0.236 e. The summed E-state index contributed by atoms with van der Waals surface area (Å²) in [7, 11) is 0. The summed E-state index contributed by atoms with van der Waals surface area (Å²) in [6, 6.07) is 27.5. The average Bonchev–Trinajstić information content (AvgIpc) is 2.84. The van der Waals surface area contributed by atoms with Crippen molar-refractivity contribution in [3.8, 4) is 0 Å². The number of unbranched alkanes of at least 4 members (excludes halogenated alkanes) is 3. The second kappa shape index (κ2) is 10.8. The SMILES string of the molecule is CCCCCCC(C(=O)Nc1cccc2ccccc12)C(=O)Nc1cccc2ccccc12. The second-order valence-corrected chi connectivity index (χ2v) is 8.43. The van der Waals surface area contributed by atoms with Crippen LogP contribution in [-0.4, -0.2) is 11.8 Å². The van der Waals surface area contributed by atoms with Crippen molar-refractivity contribution in [2.75, 3.05) is 10.6 Å². The summed E-state index contributed by atoms with van der Waals surface area (Å²) in [5.41, 5.74) is 1.46. The van der Waals surface area contributed by atoms with Gasteiger partial charge in [-0.25, -0.2) is 0 Å². The molecule has 0 aromatic heterocycles. The van der Waals surface area contributed by atoms with Gasteiger partial charge in [-0.05, 0) is 29.3 Å². The maximum Gasteiger partial charge on any atom is 0.236 e. The van der Waals surface area contributed by atoms with E-state index in [4.69, 9.17) is 0 Å². The number of carbonyl (C=O) groups excluding carboxylic acids is 2. The minimum atomic E-state index is -0.764. The van der Waals surface area contributed by atoms with Gasteiger partial charge in [-0.15, -0.1) is 0 Å². The van der Waals surface area contributed by atoms with Gasteiger partial charge >= 0.3 is 0 Å². The van der Waals surface area contributed by atoms with Gasteiger partial charge in [-0.3, -0.25) is 9.59 Å². The Morgan fingerprint density at radius 3 is 1.64 bits per heavy atom. The zero-order valence-electron chi connectivity index (χ0n) is 19.0. The predicted octanol–water partition coefficient (Wildman–Crippen LogP) is 7.16. The number of benzene rings is 4. The number of carbonyl (C=O) groups is 2. The van der Waals surface area contributed by atoms with Gasteiger partial charge in [0.25, 0.3) is 0 Å². The van der Waals surface area contributed by atoms with E-state index in [1.165, 1.54) is 0 Å². The Hall–Kier alpha value is -3.66. The first-order chi connectivity index (χ1) is 16.2. The van der Waals surface area contributed by atoms with Crippen LogP contribution >= 0.6 is 0 Å². The Bertz CT molecular complexity index is 1160. The van der Waals surface area contributed by atoms with Crippen LogP contribution in [0.15, 0.2) is 84.9 Å². The summed E-state index contributed by atoms with van der Waals surface area (Å²) in [6.07, 6.45) is 4.57. The zero-order chi connectivity index (χ0) is 23.0. The van der Waals surface area contributed by atoms with Crippen molar-refractivity contribution in [1.29, 1.82) is 0 Å². The molecule has 168 valence electrons. The first-order valence-corrected chi connectivity index (χ1v) is 11.7. The minimum absolute atomic E-state index is 0.263. The Morgan fingerprint density at radius 1 is 0.636 bits per heavy atom. The average molecular weight is 439 g/mol. The Kier molecular flexibility index (Phi) is 7.36. The summed E-state index contributed by atoms with van der Waals surface area (Å²) >= 11 is 0. The van der Waals surface area contributed by atoms with Crippen molar-refractivity contribution < 1.29 is 9.59 Å². The number of hydrogen-bond acceptors (Lipinski definition) is 2. The van der Waals surface area contributed by atoms with E-state index in [1.54, 1.807) is 0 Å². The Balaban J connectivity index is 1.56. The number of rotatable bonds is 9. The monoisotopic (exact) mass is 438 g/mol. The summed E-state index contributed by atoms with van der Waals surface area (Å²) in [5.74, 6) is -1.29. The molecule has 4 heteroatoms. The van der Waals surface area contributed by atoms with Crippen molar-refractivity contribution in [3.05, 3.63) is 84.9 Å². The van der Waals surface area contributed by atoms with E-state index in [0.717, 1.165) is 58.6 Å². The normalized spacial score (nSPS) is 11.1. The maximum absolute atomic E-state index is 13.3. The van der Waals surface area contributed by atoms with Gasteiger partial charge in [-0.2, -0.15) is 0 Å². The van der Waals surface area contributed by atoms with Gasteiger partial charge in [-0.1, -0.05) is 105 Å². The largest absolute Gasteiger partial charge is 0.325 e. The van der Waals surface area contributed by atoms with Gasteiger partial charge in [0, 0.05) is 22.1 Å². The van der Waals surface area contributed by atoms with E-state index in [-0.39, 0.29) is 11.8 Å². The molecule has 0 fully saturated rings. The van der Waals surface area contributed by atoms with Crippen molar-refractivity contribution >= 4 is 44.7 Å². The molecule has 0 spiro atoms. The van der Waals surface area contributed by atoms with Crippen LogP contribution < -0.4 is 10.6 Å². The van der Waals surface area contributed by atoms with Gasteiger partial charge in [0.1, 0.15) is 5.92 Å². The molecule has 0 radical (unpaired) electrons. The molecular weight excluding hydrogens is 408 g/mol. The molecule has 33 heavy (non-hydrogen) atoms. The van der Waals surface area contributed by atoms with Gasteiger partial charge in [0.05, 0.1) is 0 Å². The quantitative estimate of drug-likeness (QED) is 0.215. The zero-order valence-corrected chi connectivity index (χ0v) is 19.0. The highest BCUT2D eigenvalue weighted by Crippen LogP contribution is 2.26. The molecule has 0 unspecified atom stereocenters. The van der Waals surface area contributed by atoms with E-state index >= 15 is 0 Å². The van der Waals surface area contributed by atoms with Crippen LogP contribution in [0, 0.1) is 5.92 Å². The molecule has 4 aromatic carbocycles. The molecule has 0 saturated carbocycles. The molecule has 0 saturated heterocycles. The molecule has 0 atom stereocenters. The standard InChI is InChI=1S/C29H30N2O2/c1-2-3-4-5-18-25(28(32)30-26-19-10-14-21-12-6-8-16-23(21)26)29(33)31-27-20-11-15-22-13-7-9-17-24(22)27/h6-17,19-20,25H,2-5,18H2,1H3,(H,30,32)(H,31,33). The molecule has 4 aromatic rings. The summed E-state index contributed by atoms with van der Waals surface area (Å²) in [6.45, 7) is 2.15. The molecule has 0 heterocycles. The predicted molar refractivity (Wildman–Crippen MR) is 137 cm³/mol. The third-order valence-electron chi connectivity index (χ3n) is 6.07. The molecule has 0 aliphatic heterocycles. The van der Waals surface area contributed by atoms with Crippen LogP contribution in [0.25, 0.3) is 21.5 Å². The van der Waals surface area contributed by atoms with Gasteiger partial charge in [0.15, 0.2) is 0 Å². The maximum atomic E-state index is 13.3. The molecule has 0 aliphatic carbocycles. The number of hydrogen-bond donors (Lipinski definition) is 2. The van der Waals surface area contributed by atoms with Crippen molar-refractivity contribution in [2.45, 2.75) is 39.0 Å². The minimum Gasteiger partial charge on any atom is -0.325 e. The second-order valence-electron chi connectivity index (χ2n) is 8.43. The Morgan fingerprint density at radius 2 is 1.12 bits per heavy atom. The first-order valence-electron chi connectivity index (χ1n) is 11.7. The number of nitrogens with one attached hydrogen (secondary N) is 2. The first kappa shape index (κ1) is 22.5. The molecule has 0 bridgehead atoms. The summed E-state index contributed by atoms with van der Waals surface area (Å²) in [4.78, 5) is 26.7. The highest BCUT2D eigenvalue weighted by atomic mass is 16.2. The Labute approximate surface area is 195 Å². The van der Waals surface area contributed by atoms with E-state index in [0.29, 0.717) is 6.42 Å². The van der Waals surface area contributed by atoms with Crippen molar-refractivity contribution in [3.63, 3.8) is 0 Å². The molecule has 2 amide bonds. The fraction of sp³-hybridized carbons (Fsp3) is 0.241. The topological polar surface area (TPSA) is 58.2 Å². The van der Waals surface area contributed by atoms with Crippen LogP contribution in [-0.2, 0) is 9.59 Å². The van der Waals surface area contributed by atoms with Crippen LogP contribution in [0.1, 0.15) is 39.0 Å². The van der Waals surface area contributed by atoms with Crippen LogP contribution in [0.2, 0.25) is 0 Å². The third kappa shape index (κ3) is 5.40. The molecule has 4 nitrogen and oxygen atoms in total. The fourth-order valence-electron chi connectivity index (χ4n) is 4.27. The van der Waals surface area contributed by atoms with Crippen molar-refractivity contribution in [2.24, 2.45) is 5.92 Å². The fourth-order valence-corrected chi connectivity index (χ4v) is 4.27. The lowest BCUT2D eigenvalue weighted by Crippen LogP contribution is -2.34. The highest BCUT2D eigenvalue weighted by molar-refractivity contribution is 6.14. The lowest BCUT2D eigenvalue weighted by atomic mass is 9.97. The van der Waals surface area contributed by atoms with Crippen LogP contribution in [0.3, 0.4) is 0 Å². The van der Waals surface area contributed by atoms with Crippen LogP contribution in [0.4, 0.5) is 11.4 Å². The van der Waals surface area contributed by atoms with Gasteiger partial charge in [0.2, 0.25) is 11.8 Å². The number of anilines is 2. The lowest BCUT2D eigenvalue weighted by molar-refractivity contribution is -0.129. The molecule has 4 rings (SSSR count). The van der Waals surface area contributed by atoms with Crippen molar-refractivity contribution in [1.82, 2.24) is 0 Å². The molecular formula is C29H30N2O2. The van der Waals surface area contributed by atoms with E-state index in [1.807, 2.05) is 84.9 Å². The number of fused-ring (bicyclic) bond motifs is 2. The summed E-state index contributed by atoms with van der Waals surface area (Å²) in [5, 5.41) is 10.1. The lowest BCUT2D eigenvalue weighted by Gasteiger charge is -2.18. The molecule has 0 aliphatic rings. The number of amides is 2. The van der Waals surface area contributed by atoms with E-state index in [2.05, 4.69) is 17.6 Å².